The maximum absolute atomic E-state index is 11.3. The molecule has 0 aromatic heterocycles. The molecular weight excluding hydrogens is 226 g/mol. The SMILES string of the molecule is C=CC(C)=N/C=C(\CC)N1CCN(C(C)=O)CC1. The van der Waals surface area contributed by atoms with Crippen LogP contribution in [0.1, 0.15) is 27.2 Å². The molecule has 1 saturated heterocycles. The molecule has 0 spiro atoms. The first-order valence-electron chi connectivity index (χ1n) is 6.44. The highest BCUT2D eigenvalue weighted by Gasteiger charge is 2.19. The summed E-state index contributed by atoms with van der Waals surface area (Å²) in [7, 11) is 0. The van der Waals surface area contributed by atoms with Gasteiger partial charge in [-0.2, -0.15) is 0 Å². The Balaban J connectivity index is 2.63. The van der Waals surface area contributed by atoms with Crippen molar-refractivity contribution in [2.45, 2.75) is 27.2 Å². The lowest BCUT2D eigenvalue weighted by Crippen LogP contribution is -2.47. The van der Waals surface area contributed by atoms with Gasteiger partial charge in [0.25, 0.3) is 0 Å². The minimum absolute atomic E-state index is 0.164. The summed E-state index contributed by atoms with van der Waals surface area (Å²) in [6.07, 6.45) is 4.62. The van der Waals surface area contributed by atoms with Crippen LogP contribution in [0.5, 0.6) is 0 Å². The number of carbonyl (C=O) groups excluding carboxylic acids is 1. The highest BCUT2D eigenvalue weighted by atomic mass is 16.2. The summed E-state index contributed by atoms with van der Waals surface area (Å²) in [6, 6.07) is 0. The maximum atomic E-state index is 11.3. The molecule has 4 nitrogen and oxygen atoms in total. The highest BCUT2D eigenvalue weighted by Crippen LogP contribution is 2.13. The molecule has 1 amide bonds. The Labute approximate surface area is 110 Å². The highest BCUT2D eigenvalue weighted by molar-refractivity contribution is 5.92. The van der Waals surface area contributed by atoms with E-state index < -0.39 is 0 Å². The number of carbonyl (C=O) groups is 1. The Morgan fingerprint density at radius 1 is 1.22 bits per heavy atom. The lowest BCUT2D eigenvalue weighted by molar-refractivity contribution is -0.130. The average molecular weight is 249 g/mol. The van der Waals surface area contributed by atoms with E-state index in [4.69, 9.17) is 0 Å². The summed E-state index contributed by atoms with van der Waals surface area (Å²) in [5.74, 6) is 0.164. The van der Waals surface area contributed by atoms with Crippen molar-refractivity contribution in [3.05, 3.63) is 24.6 Å². The summed E-state index contributed by atoms with van der Waals surface area (Å²) >= 11 is 0. The third-order valence-corrected chi connectivity index (χ3v) is 3.21. The number of hydrogen-bond donors (Lipinski definition) is 0. The fourth-order valence-corrected chi connectivity index (χ4v) is 1.93. The van der Waals surface area contributed by atoms with Gasteiger partial charge in [0.05, 0.1) is 0 Å². The van der Waals surface area contributed by atoms with Gasteiger partial charge in [-0.15, -0.1) is 0 Å². The van der Waals surface area contributed by atoms with E-state index >= 15 is 0 Å². The Bertz CT molecular complexity index is 363. The van der Waals surface area contributed by atoms with Crippen LogP contribution in [-0.4, -0.2) is 47.6 Å². The minimum Gasteiger partial charge on any atom is -0.370 e. The first-order chi connectivity index (χ1) is 8.58. The van der Waals surface area contributed by atoms with Crippen LogP contribution in [0.2, 0.25) is 0 Å². The third-order valence-electron chi connectivity index (χ3n) is 3.21. The van der Waals surface area contributed by atoms with Crippen LogP contribution in [0.3, 0.4) is 0 Å². The van der Waals surface area contributed by atoms with E-state index in [1.807, 2.05) is 18.0 Å². The van der Waals surface area contributed by atoms with Crippen molar-refractivity contribution >= 4 is 11.6 Å². The zero-order valence-electron chi connectivity index (χ0n) is 11.6. The van der Waals surface area contributed by atoms with Crippen LogP contribution in [0.15, 0.2) is 29.5 Å². The summed E-state index contributed by atoms with van der Waals surface area (Å²) in [4.78, 5) is 19.8. The molecule has 1 aliphatic heterocycles. The molecule has 1 aliphatic rings. The van der Waals surface area contributed by atoms with Crippen molar-refractivity contribution in [1.29, 1.82) is 0 Å². The first-order valence-corrected chi connectivity index (χ1v) is 6.44. The van der Waals surface area contributed by atoms with Crippen molar-refractivity contribution in [2.24, 2.45) is 4.99 Å². The van der Waals surface area contributed by atoms with Crippen LogP contribution in [0.4, 0.5) is 0 Å². The molecule has 0 atom stereocenters. The van der Waals surface area contributed by atoms with Crippen molar-refractivity contribution in [3.8, 4) is 0 Å². The molecule has 18 heavy (non-hydrogen) atoms. The lowest BCUT2D eigenvalue weighted by Gasteiger charge is -2.36. The Morgan fingerprint density at radius 3 is 2.22 bits per heavy atom. The second-order valence-corrected chi connectivity index (χ2v) is 4.44. The predicted molar refractivity (Wildman–Crippen MR) is 75.5 cm³/mol. The molecule has 0 N–H and O–H groups in total. The number of hydrogen-bond acceptors (Lipinski definition) is 3. The van der Waals surface area contributed by atoms with Crippen LogP contribution >= 0.6 is 0 Å². The molecule has 1 fully saturated rings. The molecule has 0 unspecified atom stereocenters. The molecule has 1 heterocycles. The molecule has 4 heteroatoms. The molecular formula is C14H23N3O. The van der Waals surface area contributed by atoms with E-state index in [0.717, 1.165) is 38.3 Å². The topological polar surface area (TPSA) is 35.9 Å². The van der Waals surface area contributed by atoms with Gasteiger partial charge >= 0.3 is 0 Å². The Kier molecular flexibility index (Phi) is 5.62. The molecule has 100 valence electrons. The standard InChI is InChI=1S/C14H23N3O/c1-5-12(3)15-11-14(6-2)17-9-7-16(8-10-17)13(4)18/h5,11H,1,6-10H2,2-4H3/b14-11+,15-12?. The van der Waals surface area contributed by atoms with E-state index in [1.54, 1.807) is 13.0 Å². The minimum atomic E-state index is 0.164. The molecule has 0 aliphatic carbocycles. The lowest BCUT2D eigenvalue weighted by atomic mass is 10.2. The molecule has 0 saturated carbocycles. The van der Waals surface area contributed by atoms with Gasteiger partial charge in [0, 0.05) is 50.7 Å². The molecule has 0 radical (unpaired) electrons. The Hall–Kier alpha value is -1.58. The molecule has 0 bridgehead atoms. The number of amides is 1. The normalized spacial score (nSPS) is 17.9. The van der Waals surface area contributed by atoms with E-state index in [1.165, 1.54) is 5.70 Å². The fourth-order valence-electron chi connectivity index (χ4n) is 1.93. The number of aliphatic imine (C=N–C) groups is 1. The van der Waals surface area contributed by atoms with Crippen molar-refractivity contribution in [2.75, 3.05) is 26.2 Å². The zero-order valence-corrected chi connectivity index (χ0v) is 11.6. The maximum Gasteiger partial charge on any atom is 0.219 e. The van der Waals surface area contributed by atoms with Gasteiger partial charge in [-0.25, -0.2) is 0 Å². The summed E-state index contributed by atoms with van der Waals surface area (Å²) < 4.78 is 0. The van der Waals surface area contributed by atoms with E-state index in [2.05, 4.69) is 23.4 Å². The van der Waals surface area contributed by atoms with E-state index in [-0.39, 0.29) is 5.91 Å². The van der Waals surface area contributed by atoms with Crippen LogP contribution in [0, 0.1) is 0 Å². The number of nitrogens with zero attached hydrogens (tertiary/aromatic N) is 3. The van der Waals surface area contributed by atoms with Crippen LogP contribution in [-0.2, 0) is 4.79 Å². The second kappa shape index (κ2) is 6.99. The van der Waals surface area contributed by atoms with Crippen molar-refractivity contribution < 1.29 is 4.79 Å². The van der Waals surface area contributed by atoms with E-state index in [0.29, 0.717) is 0 Å². The smallest absolute Gasteiger partial charge is 0.219 e. The van der Waals surface area contributed by atoms with Gasteiger partial charge in [-0.3, -0.25) is 9.79 Å². The van der Waals surface area contributed by atoms with Gasteiger partial charge in [0.2, 0.25) is 5.91 Å². The monoisotopic (exact) mass is 249 g/mol. The van der Waals surface area contributed by atoms with Crippen molar-refractivity contribution in [1.82, 2.24) is 9.80 Å². The first kappa shape index (κ1) is 14.5. The zero-order chi connectivity index (χ0) is 13.5. The average Bonchev–Trinajstić information content (AvgIpc) is 2.39. The van der Waals surface area contributed by atoms with Crippen LogP contribution in [0.25, 0.3) is 0 Å². The summed E-state index contributed by atoms with van der Waals surface area (Å²) in [6.45, 7) is 12.8. The van der Waals surface area contributed by atoms with Crippen LogP contribution < -0.4 is 0 Å². The summed E-state index contributed by atoms with van der Waals surface area (Å²) in [5, 5.41) is 0. The molecule has 0 aromatic rings. The summed E-state index contributed by atoms with van der Waals surface area (Å²) in [5.41, 5.74) is 2.14. The van der Waals surface area contributed by atoms with Gasteiger partial charge in [-0.1, -0.05) is 13.5 Å². The third kappa shape index (κ3) is 4.02. The van der Waals surface area contributed by atoms with E-state index in [9.17, 15) is 4.79 Å². The second-order valence-electron chi connectivity index (χ2n) is 4.44. The predicted octanol–water partition coefficient (Wildman–Crippen LogP) is 2.05. The van der Waals surface area contributed by atoms with Gasteiger partial charge < -0.3 is 9.80 Å². The van der Waals surface area contributed by atoms with Gasteiger partial charge in [0.15, 0.2) is 0 Å². The fraction of sp³-hybridized carbons (Fsp3) is 0.571. The Morgan fingerprint density at radius 2 is 1.78 bits per heavy atom. The molecule has 0 aromatic carbocycles. The van der Waals surface area contributed by atoms with Gasteiger partial charge in [-0.05, 0) is 19.4 Å². The number of allylic oxidation sites excluding steroid dienone is 2. The number of piperazine rings is 1. The quantitative estimate of drug-likeness (QED) is 0.715. The van der Waals surface area contributed by atoms with Gasteiger partial charge in [0.1, 0.15) is 0 Å². The largest absolute Gasteiger partial charge is 0.370 e. The molecule has 1 rings (SSSR count). The van der Waals surface area contributed by atoms with Crippen molar-refractivity contribution in [3.63, 3.8) is 0 Å². The number of rotatable bonds is 4.